The van der Waals surface area contributed by atoms with Gasteiger partial charge < -0.3 is 10.1 Å². The summed E-state index contributed by atoms with van der Waals surface area (Å²) >= 11 is 7.24. The second-order valence-electron chi connectivity index (χ2n) is 6.64. The van der Waals surface area contributed by atoms with Gasteiger partial charge in [-0.15, -0.1) is 16.8 Å². The summed E-state index contributed by atoms with van der Waals surface area (Å²) in [5.74, 6) is 0.970. The number of halogens is 1. The number of nitrogens with zero attached hydrogens (tertiary/aromatic N) is 4. The number of anilines is 1. The molecule has 0 aliphatic carbocycles. The Balaban J connectivity index is 1.62. The molecule has 1 N–H and O–H groups in total. The van der Waals surface area contributed by atoms with Crippen molar-refractivity contribution in [1.82, 2.24) is 14.8 Å². The second-order valence-corrected chi connectivity index (χ2v) is 7.99. The number of carbonyl (C=O) groups excluding carboxylic acids is 1. The van der Waals surface area contributed by atoms with Crippen molar-refractivity contribution in [3.63, 3.8) is 0 Å². The lowest BCUT2D eigenvalue weighted by Gasteiger charge is -2.10. The lowest BCUT2D eigenvalue weighted by Crippen LogP contribution is -2.15. The van der Waals surface area contributed by atoms with Crippen molar-refractivity contribution in [2.75, 3.05) is 11.1 Å². The molecule has 0 unspecified atom stereocenters. The zero-order valence-corrected chi connectivity index (χ0v) is 18.7. The Labute approximate surface area is 193 Å². The number of hydrogen-bond acceptors (Lipinski definition) is 7. The Morgan fingerprint density at radius 1 is 1.34 bits per heavy atom. The Morgan fingerprint density at radius 2 is 2.16 bits per heavy atom. The fourth-order valence-electron chi connectivity index (χ4n) is 2.72. The van der Waals surface area contributed by atoms with E-state index >= 15 is 0 Å². The molecule has 3 rings (SSSR count). The maximum Gasteiger partial charge on any atom is 0.271 e. The summed E-state index contributed by atoms with van der Waals surface area (Å²) in [6.45, 7) is 6.27. The van der Waals surface area contributed by atoms with Gasteiger partial charge >= 0.3 is 0 Å². The Hall–Kier alpha value is -3.37. The van der Waals surface area contributed by atoms with Gasteiger partial charge in [-0.05, 0) is 36.8 Å². The maximum absolute atomic E-state index is 12.3. The lowest BCUT2D eigenvalue weighted by atomic mass is 10.2. The number of carbonyl (C=O) groups is 1. The predicted molar refractivity (Wildman–Crippen MR) is 123 cm³/mol. The van der Waals surface area contributed by atoms with Crippen molar-refractivity contribution < 1.29 is 14.5 Å². The number of ether oxygens (including phenoxy) is 1. The topological polar surface area (TPSA) is 112 Å². The fraction of sp³-hybridized carbons (Fsp3) is 0.190. The molecule has 9 nitrogen and oxygen atoms in total. The number of benzene rings is 2. The van der Waals surface area contributed by atoms with Gasteiger partial charge in [-0.25, -0.2) is 0 Å². The van der Waals surface area contributed by atoms with Crippen molar-refractivity contribution in [2.24, 2.45) is 0 Å². The third-order valence-corrected chi connectivity index (χ3v) is 5.67. The van der Waals surface area contributed by atoms with E-state index in [-0.39, 0.29) is 24.0 Å². The number of nitrogens with one attached hydrogen (secondary N) is 1. The van der Waals surface area contributed by atoms with Crippen LogP contribution in [-0.4, -0.2) is 31.3 Å². The standard InChI is InChI=1S/C21H20ClN5O4S/c1-3-9-26-19(12-31-17-7-8-18(22)14(2)10-17)24-25-21(26)32-13-20(28)23-15-5-4-6-16(11-15)27(29)30/h3-8,10-11H,1,9,12-13H2,2H3,(H,23,28). The van der Waals surface area contributed by atoms with Gasteiger partial charge in [0.15, 0.2) is 11.0 Å². The normalized spacial score (nSPS) is 10.6. The first-order chi connectivity index (χ1) is 15.4. The molecule has 0 saturated heterocycles. The first-order valence-electron chi connectivity index (χ1n) is 9.46. The molecule has 0 radical (unpaired) electrons. The molecule has 2 aromatic carbocycles. The van der Waals surface area contributed by atoms with Crippen LogP contribution in [0.2, 0.25) is 5.02 Å². The molecular weight excluding hydrogens is 454 g/mol. The molecule has 166 valence electrons. The summed E-state index contributed by atoms with van der Waals surface area (Å²) in [6.07, 6.45) is 1.70. The predicted octanol–water partition coefficient (Wildman–Crippen LogP) is 4.64. The van der Waals surface area contributed by atoms with E-state index in [2.05, 4.69) is 22.1 Å². The molecule has 0 aliphatic rings. The highest BCUT2D eigenvalue weighted by molar-refractivity contribution is 7.99. The van der Waals surface area contributed by atoms with Crippen LogP contribution in [0.25, 0.3) is 0 Å². The third-order valence-electron chi connectivity index (χ3n) is 4.28. The van der Waals surface area contributed by atoms with Crippen molar-refractivity contribution >= 4 is 40.6 Å². The number of hydrogen-bond donors (Lipinski definition) is 1. The summed E-state index contributed by atoms with van der Waals surface area (Å²) in [5, 5.41) is 23.0. The zero-order valence-electron chi connectivity index (χ0n) is 17.2. The summed E-state index contributed by atoms with van der Waals surface area (Å²) in [7, 11) is 0. The van der Waals surface area contributed by atoms with Crippen LogP contribution < -0.4 is 10.1 Å². The number of rotatable bonds is 10. The number of allylic oxidation sites excluding steroid dienone is 1. The first-order valence-corrected chi connectivity index (χ1v) is 10.8. The van der Waals surface area contributed by atoms with E-state index in [0.717, 1.165) is 5.56 Å². The number of nitro groups is 1. The molecule has 0 spiro atoms. The number of amides is 1. The zero-order chi connectivity index (χ0) is 23.1. The monoisotopic (exact) mass is 473 g/mol. The summed E-state index contributed by atoms with van der Waals surface area (Å²) in [6, 6.07) is 11.1. The minimum atomic E-state index is -0.517. The van der Waals surface area contributed by atoms with Gasteiger partial charge in [0.25, 0.3) is 5.69 Å². The van der Waals surface area contributed by atoms with E-state index in [9.17, 15) is 14.9 Å². The van der Waals surface area contributed by atoms with E-state index in [1.165, 1.54) is 30.0 Å². The molecule has 3 aromatic rings. The molecule has 0 saturated carbocycles. The van der Waals surface area contributed by atoms with E-state index in [0.29, 0.717) is 34.0 Å². The van der Waals surface area contributed by atoms with Crippen LogP contribution >= 0.6 is 23.4 Å². The highest BCUT2D eigenvalue weighted by Gasteiger charge is 2.15. The van der Waals surface area contributed by atoms with Crippen LogP contribution in [-0.2, 0) is 17.9 Å². The number of aromatic nitrogens is 3. The highest BCUT2D eigenvalue weighted by atomic mass is 35.5. The molecule has 0 bridgehead atoms. The summed E-state index contributed by atoms with van der Waals surface area (Å²) < 4.78 is 7.61. The van der Waals surface area contributed by atoms with Crippen LogP contribution in [0.4, 0.5) is 11.4 Å². The van der Waals surface area contributed by atoms with E-state index < -0.39 is 4.92 Å². The molecule has 11 heteroatoms. The Morgan fingerprint density at radius 3 is 2.88 bits per heavy atom. The molecule has 0 atom stereocenters. The van der Waals surface area contributed by atoms with Gasteiger partial charge in [-0.3, -0.25) is 19.5 Å². The van der Waals surface area contributed by atoms with Crippen molar-refractivity contribution in [3.05, 3.63) is 81.6 Å². The smallest absolute Gasteiger partial charge is 0.271 e. The molecule has 1 heterocycles. The number of non-ortho nitro benzene ring substituents is 1. The second kappa shape index (κ2) is 10.8. The fourth-order valence-corrected chi connectivity index (χ4v) is 3.61. The number of aryl methyl sites for hydroxylation is 1. The minimum absolute atomic E-state index is 0.0508. The van der Waals surface area contributed by atoms with E-state index in [1.807, 2.05) is 13.0 Å². The quantitative estimate of drug-likeness (QED) is 0.197. The van der Waals surface area contributed by atoms with Crippen LogP contribution in [0, 0.1) is 17.0 Å². The van der Waals surface area contributed by atoms with Gasteiger partial charge in [0.2, 0.25) is 5.91 Å². The molecule has 1 amide bonds. The van der Waals surface area contributed by atoms with Crippen LogP contribution in [0.15, 0.2) is 60.3 Å². The SMILES string of the molecule is C=CCn1c(COc2ccc(Cl)c(C)c2)nnc1SCC(=O)Nc1cccc([N+](=O)[O-])c1. The van der Waals surface area contributed by atoms with E-state index in [1.54, 1.807) is 28.8 Å². The van der Waals surface area contributed by atoms with Crippen molar-refractivity contribution in [3.8, 4) is 5.75 Å². The van der Waals surface area contributed by atoms with Crippen LogP contribution in [0.5, 0.6) is 5.75 Å². The Kier molecular flexibility index (Phi) is 7.85. The number of thioether (sulfide) groups is 1. The van der Waals surface area contributed by atoms with Crippen LogP contribution in [0.3, 0.4) is 0 Å². The highest BCUT2D eigenvalue weighted by Crippen LogP contribution is 2.23. The van der Waals surface area contributed by atoms with Gasteiger partial charge in [-0.1, -0.05) is 35.5 Å². The van der Waals surface area contributed by atoms with Crippen molar-refractivity contribution in [2.45, 2.75) is 25.2 Å². The largest absolute Gasteiger partial charge is 0.486 e. The summed E-state index contributed by atoms with van der Waals surface area (Å²) in [5.41, 5.74) is 1.16. The third kappa shape index (κ3) is 6.08. The molecule has 1 aromatic heterocycles. The molecule has 0 aliphatic heterocycles. The first kappa shape index (κ1) is 23.3. The van der Waals surface area contributed by atoms with Gasteiger partial charge in [0, 0.05) is 29.4 Å². The van der Waals surface area contributed by atoms with Gasteiger partial charge in [-0.2, -0.15) is 0 Å². The van der Waals surface area contributed by atoms with Crippen LogP contribution in [0.1, 0.15) is 11.4 Å². The Bertz CT molecular complexity index is 1150. The van der Waals surface area contributed by atoms with Crippen molar-refractivity contribution in [1.29, 1.82) is 0 Å². The average Bonchev–Trinajstić information content (AvgIpc) is 3.15. The molecular formula is C21H20ClN5O4S. The number of nitro benzene ring substituents is 1. The molecule has 0 fully saturated rings. The van der Waals surface area contributed by atoms with Gasteiger partial charge in [0.1, 0.15) is 12.4 Å². The van der Waals surface area contributed by atoms with Gasteiger partial charge in [0.05, 0.1) is 10.7 Å². The maximum atomic E-state index is 12.3. The molecule has 32 heavy (non-hydrogen) atoms. The van der Waals surface area contributed by atoms with E-state index in [4.69, 9.17) is 16.3 Å². The summed E-state index contributed by atoms with van der Waals surface area (Å²) in [4.78, 5) is 22.7. The lowest BCUT2D eigenvalue weighted by molar-refractivity contribution is -0.384. The average molecular weight is 474 g/mol. The minimum Gasteiger partial charge on any atom is -0.486 e.